The van der Waals surface area contributed by atoms with Crippen LogP contribution in [-0.2, 0) is 14.4 Å². The quantitative estimate of drug-likeness (QED) is 0.388. The van der Waals surface area contributed by atoms with Crippen LogP contribution in [0, 0.1) is 0 Å². The number of hydrogen-bond donors (Lipinski definition) is 0. The molecule has 1 rings (SSSR count). The molecule has 1 saturated heterocycles. The predicted octanol–water partition coefficient (Wildman–Crippen LogP) is 0.886. The van der Waals surface area contributed by atoms with Gasteiger partial charge in [0.2, 0.25) is 0 Å². The Bertz CT molecular complexity index is 659. The van der Waals surface area contributed by atoms with Crippen LogP contribution >= 0.6 is 0 Å². The Hall–Kier alpha value is -2.55. The average Bonchev–Trinajstić information content (AvgIpc) is 2.61. The average molecular weight is 473 g/mol. The van der Waals surface area contributed by atoms with Gasteiger partial charge in [-0.1, -0.05) is 0 Å². The van der Waals surface area contributed by atoms with E-state index in [4.69, 9.17) is 0 Å². The number of amides is 3. The monoisotopic (exact) mass is 473 g/mol. The Morgan fingerprint density at radius 2 is 0.774 bits per heavy atom. The Morgan fingerprint density at radius 1 is 0.548 bits per heavy atom. The maximum absolute atomic E-state index is 12.8. The molecule has 16 heteroatoms. The van der Waals surface area contributed by atoms with Crippen LogP contribution in [0.2, 0.25) is 0 Å². The standard InChI is InChI=1S/C15H18F9N4O3/c1-25-2-4-26(10(29)13(16,17)18)6-8-28(12(31)15(22,23)24)9-7-27(5-3-25)11(30)14(19,20)21/h1-9H2/q+1. The molecule has 0 aromatic heterocycles. The first-order valence-electron chi connectivity index (χ1n) is 8.58. The summed E-state index contributed by atoms with van der Waals surface area (Å²) in [6.07, 6.45) is -16.1. The van der Waals surface area contributed by atoms with Crippen molar-refractivity contribution >= 4 is 24.4 Å². The Kier molecular flexibility index (Phi) is 8.30. The summed E-state index contributed by atoms with van der Waals surface area (Å²) in [6, 6.07) is 0. The first kappa shape index (κ1) is 26.5. The molecule has 1 fully saturated rings. The molecule has 3 amide bonds. The fourth-order valence-electron chi connectivity index (χ4n) is 2.60. The fraction of sp³-hybridized carbons (Fsp3) is 0.733. The Balaban J connectivity index is 3.18. The molecule has 0 aromatic carbocycles. The zero-order valence-corrected chi connectivity index (χ0v) is 15.8. The van der Waals surface area contributed by atoms with Gasteiger partial charge >= 0.3 is 36.3 Å². The molecule has 0 radical (unpaired) electrons. The number of carbonyl (C=O) groups excluding carboxylic acids is 3. The van der Waals surface area contributed by atoms with E-state index in [0.717, 1.165) is 4.58 Å². The third-order valence-corrected chi connectivity index (χ3v) is 4.24. The van der Waals surface area contributed by atoms with Crippen molar-refractivity contribution in [2.45, 2.75) is 18.5 Å². The van der Waals surface area contributed by atoms with Gasteiger partial charge in [-0.15, -0.1) is 0 Å². The van der Waals surface area contributed by atoms with Crippen molar-refractivity contribution in [3.05, 3.63) is 0 Å². The molecular formula is C15H18F9N4O3+. The molecule has 178 valence electrons. The van der Waals surface area contributed by atoms with Gasteiger partial charge in [0.25, 0.3) is 0 Å². The molecule has 0 aliphatic carbocycles. The summed E-state index contributed by atoms with van der Waals surface area (Å²) in [7, 11) is 0. The van der Waals surface area contributed by atoms with Crippen molar-refractivity contribution in [3.63, 3.8) is 0 Å². The van der Waals surface area contributed by atoms with Gasteiger partial charge in [-0.05, 0) is 0 Å². The lowest BCUT2D eigenvalue weighted by atomic mass is 10.3. The second kappa shape index (κ2) is 9.72. The van der Waals surface area contributed by atoms with Crippen LogP contribution in [0.5, 0.6) is 0 Å². The highest BCUT2D eigenvalue weighted by molar-refractivity contribution is 5.83. The summed E-state index contributed by atoms with van der Waals surface area (Å²) < 4.78 is 116. The molecule has 1 aliphatic heterocycles. The lowest BCUT2D eigenvalue weighted by Gasteiger charge is -2.31. The van der Waals surface area contributed by atoms with Gasteiger partial charge in [0.1, 0.15) is 6.72 Å². The van der Waals surface area contributed by atoms with Crippen LogP contribution < -0.4 is 0 Å². The summed E-state index contributed by atoms with van der Waals surface area (Å²) in [5.41, 5.74) is 0. The summed E-state index contributed by atoms with van der Waals surface area (Å²) in [6.45, 7) is -2.77. The number of halogens is 9. The van der Waals surface area contributed by atoms with Crippen LogP contribution in [0.15, 0.2) is 0 Å². The molecule has 0 spiro atoms. The molecule has 1 heterocycles. The molecule has 0 N–H and O–H groups in total. The van der Waals surface area contributed by atoms with Crippen molar-refractivity contribution < 1.29 is 58.5 Å². The van der Waals surface area contributed by atoms with E-state index in [-0.39, 0.29) is 27.8 Å². The van der Waals surface area contributed by atoms with Gasteiger partial charge in [-0.3, -0.25) is 14.4 Å². The molecular weight excluding hydrogens is 455 g/mol. The van der Waals surface area contributed by atoms with Crippen molar-refractivity contribution in [2.75, 3.05) is 52.4 Å². The number of nitrogens with zero attached hydrogens (tertiary/aromatic N) is 4. The minimum Gasteiger partial charge on any atom is -0.331 e. The molecule has 31 heavy (non-hydrogen) atoms. The number of alkyl halides is 9. The smallest absolute Gasteiger partial charge is 0.331 e. The van der Waals surface area contributed by atoms with Crippen LogP contribution in [0.1, 0.15) is 0 Å². The third-order valence-electron chi connectivity index (χ3n) is 4.24. The third kappa shape index (κ3) is 7.90. The van der Waals surface area contributed by atoms with E-state index in [0.29, 0.717) is 0 Å². The molecule has 0 atom stereocenters. The second-order valence-electron chi connectivity index (χ2n) is 6.49. The topological polar surface area (TPSA) is 63.9 Å². The molecule has 0 aromatic rings. The van der Waals surface area contributed by atoms with Crippen LogP contribution in [0.3, 0.4) is 0 Å². The normalized spacial score (nSPS) is 18.4. The van der Waals surface area contributed by atoms with Gasteiger partial charge in [0.05, 0.1) is 13.1 Å². The predicted molar refractivity (Wildman–Crippen MR) is 85.0 cm³/mol. The highest BCUT2D eigenvalue weighted by Crippen LogP contribution is 2.22. The zero-order valence-electron chi connectivity index (χ0n) is 15.8. The lowest BCUT2D eigenvalue weighted by Crippen LogP contribution is -2.53. The van der Waals surface area contributed by atoms with Gasteiger partial charge in [-0.2, -0.15) is 39.5 Å². The summed E-state index contributed by atoms with van der Waals surface area (Å²) in [4.78, 5) is 34.9. The van der Waals surface area contributed by atoms with Crippen LogP contribution in [0.25, 0.3) is 0 Å². The lowest BCUT2D eigenvalue weighted by molar-refractivity contribution is -0.519. The van der Waals surface area contributed by atoms with Crippen molar-refractivity contribution in [1.82, 2.24) is 14.7 Å². The largest absolute Gasteiger partial charge is 0.471 e. The molecule has 0 unspecified atom stereocenters. The van der Waals surface area contributed by atoms with Crippen LogP contribution in [0.4, 0.5) is 39.5 Å². The minimum atomic E-state index is -5.47. The zero-order chi connectivity index (χ0) is 24.2. The fourth-order valence-corrected chi connectivity index (χ4v) is 2.60. The highest BCUT2D eigenvalue weighted by Gasteiger charge is 2.46. The first-order chi connectivity index (χ1) is 13.9. The molecule has 0 bridgehead atoms. The van der Waals surface area contributed by atoms with Gasteiger partial charge in [0.15, 0.2) is 13.1 Å². The summed E-state index contributed by atoms with van der Waals surface area (Å²) in [5.74, 6) is -7.24. The van der Waals surface area contributed by atoms with Gasteiger partial charge in [-0.25, -0.2) is 4.58 Å². The van der Waals surface area contributed by atoms with E-state index in [9.17, 15) is 53.9 Å². The molecule has 7 nitrogen and oxygen atoms in total. The van der Waals surface area contributed by atoms with Gasteiger partial charge < -0.3 is 14.7 Å². The highest BCUT2D eigenvalue weighted by atomic mass is 19.4. The van der Waals surface area contributed by atoms with E-state index in [1.165, 1.54) is 0 Å². The minimum absolute atomic E-state index is 0.0448. The number of carbonyl (C=O) groups is 3. The second-order valence-corrected chi connectivity index (χ2v) is 6.49. The van der Waals surface area contributed by atoms with Crippen molar-refractivity contribution in [3.8, 4) is 0 Å². The van der Waals surface area contributed by atoms with Crippen LogP contribution in [-0.4, -0.2) is 115 Å². The summed E-state index contributed by atoms with van der Waals surface area (Å²) >= 11 is 0. The molecule has 0 saturated carbocycles. The number of hydrogen-bond acceptors (Lipinski definition) is 3. The van der Waals surface area contributed by atoms with E-state index in [1.807, 2.05) is 0 Å². The maximum atomic E-state index is 12.8. The van der Waals surface area contributed by atoms with Crippen molar-refractivity contribution in [1.29, 1.82) is 0 Å². The first-order valence-corrected chi connectivity index (χ1v) is 8.58. The Labute approximate surface area is 169 Å². The molecule has 1 aliphatic rings. The maximum Gasteiger partial charge on any atom is 0.471 e. The summed E-state index contributed by atoms with van der Waals surface area (Å²) in [5, 5.41) is 0. The van der Waals surface area contributed by atoms with E-state index >= 15 is 0 Å². The number of rotatable bonds is 0. The van der Waals surface area contributed by atoms with Crippen molar-refractivity contribution in [2.24, 2.45) is 0 Å². The SMILES string of the molecule is C=[N+]1CCN(C(=O)C(F)(F)F)CCN(C(=O)C(F)(F)F)CCN(C(=O)C(F)(F)F)CC1. The Morgan fingerprint density at radius 3 is 1.00 bits per heavy atom. The van der Waals surface area contributed by atoms with E-state index in [1.54, 1.807) is 0 Å². The van der Waals surface area contributed by atoms with E-state index in [2.05, 4.69) is 6.72 Å². The van der Waals surface area contributed by atoms with Gasteiger partial charge in [0, 0.05) is 26.2 Å². The van der Waals surface area contributed by atoms with E-state index < -0.39 is 75.5 Å².